The summed E-state index contributed by atoms with van der Waals surface area (Å²) in [7, 11) is 6.01. The number of aromatic nitrogens is 2. The molecule has 8 N–H and O–H groups in total. The van der Waals surface area contributed by atoms with Crippen LogP contribution in [-0.4, -0.2) is 60.6 Å². The Labute approximate surface area is 250 Å². The molecule has 0 spiro atoms. The van der Waals surface area contributed by atoms with Gasteiger partial charge in [0.05, 0.1) is 32.2 Å². The predicted molar refractivity (Wildman–Crippen MR) is 163 cm³/mol. The van der Waals surface area contributed by atoms with Crippen LogP contribution in [0, 0.1) is 11.6 Å². The largest absolute Gasteiger partial charge is 0.483 e. The van der Waals surface area contributed by atoms with Crippen LogP contribution in [0.2, 0.25) is 0 Å². The number of hydrogen-bond acceptors (Lipinski definition) is 10. The molecule has 14 nitrogen and oxygen atoms in total. The summed E-state index contributed by atoms with van der Waals surface area (Å²) in [5.41, 5.74) is 18.5. The molecular formula is C28H33F2N9O5. The SMILES string of the molecule is CONC(=O)Nc1ccc(N=C(CN(C)C)c2c(N)n(Cc3c(F)cccc3F)c(=O)n(/C(N)=C/C=C(\N)OC)c2=O)cc1. The van der Waals surface area contributed by atoms with Crippen LogP contribution in [0.25, 0.3) is 5.82 Å². The van der Waals surface area contributed by atoms with Crippen LogP contribution in [0.4, 0.5) is 30.8 Å². The standard InChI is InChI=1S/C28H33F2N9O5/c1-37(2)15-21(34-16-8-10-17(11-9-16)35-27(41)36-44-4)24-25(33)38(14-18-19(29)6-5-7-20(18)30)28(42)39(26(24)40)22(31)12-13-23(32)43-3/h5-13H,14-15,31-33H2,1-4H3,(H2,35,36,41)/b22-12+,23-13+,34-21?. The molecule has 3 aromatic rings. The molecule has 0 atom stereocenters. The van der Waals surface area contributed by atoms with Crippen molar-refractivity contribution in [3.05, 3.63) is 104 Å². The fourth-order valence-electron chi connectivity index (χ4n) is 3.96. The number of nitrogens with two attached hydrogens (primary N) is 3. The van der Waals surface area contributed by atoms with Gasteiger partial charge in [-0.3, -0.25) is 19.2 Å². The van der Waals surface area contributed by atoms with Crippen LogP contribution in [0.5, 0.6) is 0 Å². The number of nitrogen functional groups attached to an aromatic ring is 1. The quantitative estimate of drug-likeness (QED) is 0.0921. The van der Waals surface area contributed by atoms with Gasteiger partial charge in [0.25, 0.3) is 5.56 Å². The molecule has 0 fully saturated rings. The Hall–Kier alpha value is -5.48. The first kappa shape index (κ1) is 33.0. The fourth-order valence-corrected chi connectivity index (χ4v) is 3.96. The predicted octanol–water partition coefficient (Wildman–Crippen LogP) is 1.49. The van der Waals surface area contributed by atoms with Crippen LogP contribution >= 0.6 is 0 Å². The molecule has 2 amide bonds. The minimum Gasteiger partial charge on any atom is -0.483 e. The molecular weight excluding hydrogens is 580 g/mol. The lowest BCUT2D eigenvalue weighted by Crippen LogP contribution is -2.46. The fraction of sp³-hybridized carbons (Fsp3) is 0.214. The maximum absolute atomic E-state index is 14.7. The van der Waals surface area contributed by atoms with Crippen molar-refractivity contribution < 1.29 is 23.1 Å². The van der Waals surface area contributed by atoms with Crippen molar-refractivity contribution in [2.75, 3.05) is 45.9 Å². The number of allylic oxidation sites excluding steroid dienone is 2. The van der Waals surface area contributed by atoms with Gasteiger partial charge in [-0.25, -0.2) is 28.4 Å². The van der Waals surface area contributed by atoms with Gasteiger partial charge in [-0.05, 0) is 56.6 Å². The van der Waals surface area contributed by atoms with Crippen LogP contribution in [0.3, 0.4) is 0 Å². The van der Waals surface area contributed by atoms with Gasteiger partial charge >= 0.3 is 11.7 Å². The summed E-state index contributed by atoms with van der Waals surface area (Å²) in [6, 6.07) is 8.85. The molecule has 0 aliphatic carbocycles. The summed E-state index contributed by atoms with van der Waals surface area (Å²) in [5.74, 6) is -2.69. The van der Waals surface area contributed by atoms with E-state index in [9.17, 15) is 23.2 Å². The zero-order valence-electron chi connectivity index (χ0n) is 24.4. The first-order chi connectivity index (χ1) is 20.9. The summed E-state index contributed by atoms with van der Waals surface area (Å²) in [6.07, 6.45) is 2.37. The third-order valence-electron chi connectivity index (χ3n) is 6.01. The lowest BCUT2D eigenvalue weighted by atomic mass is 10.1. The van der Waals surface area contributed by atoms with Gasteiger partial charge < -0.3 is 32.2 Å². The number of anilines is 2. The molecule has 0 radical (unpaired) electrons. The number of nitrogens with zero attached hydrogens (tertiary/aromatic N) is 4. The molecule has 0 saturated heterocycles. The average molecular weight is 614 g/mol. The molecule has 16 heteroatoms. The second-order valence-corrected chi connectivity index (χ2v) is 9.44. The molecule has 0 unspecified atom stereocenters. The van der Waals surface area contributed by atoms with Crippen molar-refractivity contribution in [3.8, 4) is 0 Å². The number of hydroxylamine groups is 1. The minimum atomic E-state index is -1.06. The molecule has 1 heterocycles. The molecule has 2 aromatic carbocycles. The van der Waals surface area contributed by atoms with E-state index in [0.717, 1.165) is 22.8 Å². The van der Waals surface area contributed by atoms with Crippen LogP contribution in [0.15, 0.2) is 75.1 Å². The first-order valence-electron chi connectivity index (χ1n) is 12.9. The second-order valence-electron chi connectivity index (χ2n) is 9.44. The van der Waals surface area contributed by atoms with E-state index in [2.05, 4.69) is 20.6 Å². The van der Waals surface area contributed by atoms with Gasteiger partial charge in [-0.1, -0.05) is 6.07 Å². The third-order valence-corrected chi connectivity index (χ3v) is 6.01. The van der Waals surface area contributed by atoms with E-state index in [-0.39, 0.29) is 29.5 Å². The topological polar surface area (TPSA) is 197 Å². The molecule has 234 valence electrons. The maximum Gasteiger partial charge on any atom is 0.343 e. The molecule has 44 heavy (non-hydrogen) atoms. The summed E-state index contributed by atoms with van der Waals surface area (Å²) in [6.45, 7) is -0.624. The molecule has 0 saturated carbocycles. The third kappa shape index (κ3) is 7.87. The summed E-state index contributed by atoms with van der Waals surface area (Å²) in [5, 5.41) is 2.55. The summed E-state index contributed by atoms with van der Waals surface area (Å²) >= 11 is 0. The van der Waals surface area contributed by atoms with Gasteiger partial charge in [-0.15, -0.1) is 0 Å². The number of likely N-dealkylation sites (N-methyl/N-ethyl adjacent to an activating group) is 1. The zero-order valence-corrected chi connectivity index (χ0v) is 24.4. The van der Waals surface area contributed by atoms with Crippen molar-refractivity contribution in [1.29, 1.82) is 0 Å². The molecule has 0 aliphatic heterocycles. The number of ether oxygens (including phenoxy) is 1. The Balaban J connectivity index is 2.30. The van der Waals surface area contributed by atoms with Gasteiger partial charge in [0.1, 0.15) is 28.8 Å². The van der Waals surface area contributed by atoms with Gasteiger partial charge in [0.15, 0.2) is 5.88 Å². The first-order valence-corrected chi connectivity index (χ1v) is 12.9. The van der Waals surface area contributed by atoms with E-state index in [1.807, 2.05) is 0 Å². The number of amides is 2. The smallest absolute Gasteiger partial charge is 0.343 e. The highest BCUT2D eigenvalue weighted by atomic mass is 19.1. The van der Waals surface area contributed by atoms with Crippen molar-refractivity contribution in [2.45, 2.75) is 6.54 Å². The number of hydrogen-bond donors (Lipinski definition) is 5. The van der Waals surface area contributed by atoms with Crippen molar-refractivity contribution >= 4 is 34.8 Å². The van der Waals surface area contributed by atoms with Gasteiger partial charge in [0.2, 0.25) is 0 Å². The Morgan fingerprint density at radius 3 is 2.25 bits per heavy atom. The number of aliphatic imine (C=N–C) groups is 1. The van der Waals surface area contributed by atoms with E-state index < -0.39 is 46.8 Å². The molecule has 0 bridgehead atoms. The average Bonchev–Trinajstić information content (AvgIpc) is 2.96. The number of halogens is 2. The minimum absolute atomic E-state index is 0.0437. The van der Waals surface area contributed by atoms with Gasteiger partial charge in [-0.2, -0.15) is 0 Å². The number of urea groups is 1. The molecule has 1 aromatic heterocycles. The monoisotopic (exact) mass is 613 g/mol. The summed E-state index contributed by atoms with van der Waals surface area (Å²) < 4.78 is 35.6. The number of rotatable bonds is 11. The van der Waals surface area contributed by atoms with E-state index in [0.29, 0.717) is 15.9 Å². The highest BCUT2D eigenvalue weighted by molar-refractivity contribution is 6.06. The Kier molecular flexibility index (Phi) is 11.0. The van der Waals surface area contributed by atoms with E-state index >= 15 is 0 Å². The molecule has 3 rings (SSSR count). The Bertz CT molecular complexity index is 1710. The van der Waals surface area contributed by atoms with Crippen molar-refractivity contribution in [2.24, 2.45) is 16.5 Å². The normalized spacial score (nSPS) is 12.4. The lowest BCUT2D eigenvalue weighted by molar-refractivity contribution is 0.114. The van der Waals surface area contributed by atoms with Crippen molar-refractivity contribution in [3.63, 3.8) is 0 Å². The van der Waals surface area contributed by atoms with Crippen molar-refractivity contribution in [1.82, 2.24) is 19.5 Å². The molecule has 0 aliphatic rings. The Morgan fingerprint density at radius 1 is 1.05 bits per heavy atom. The van der Waals surface area contributed by atoms with Gasteiger partial charge in [0, 0.05) is 23.9 Å². The van der Waals surface area contributed by atoms with Crippen LogP contribution in [0.1, 0.15) is 11.1 Å². The van der Waals surface area contributed by atoms with Crippen LogP contribution in [-0.2, 0) is 16.1 Å². The maximum atomic E-state index is 14.7. The highest BCUT2D eigenvalue weighted by Crippen LogP contribution is 2.20. The number of carbonyl (C=O) groups excluding carboxylic acids is 1. The second kappa shape index (κ2) is 14.6. The number of methoxy groups -OCH3 is 1. The number of carbonyl (C=O) groups is 1. The zero-order chi connectivity index (χ0) is 32.6. The highest BCUT2D eigenvalue weighted by Gasteiger charge is 2.24. The Morgan fingerprint density at radius 2 is 1.68 bits per heavy atom. The number of nitrogens with one attached hydrogen (secondary N) is 2. The van der Waals surface area contributed by atoms with E-state index in [4.69, 9.17) is 21.9 Å². The summed E-state index contributed by atoms with van der Waals surface area (Å²) in [4.78, 5) is 50.1. The van der Waals surface area contributed by atoms with E-state index in [1.165, 1.54) is 26.4 Å². The van der Waals surface area contributed by atoms with Crippen LogP contribution < -0.4 is 39.2 Å². The lowest BCUT2D eigenvalue weighted by Gasteiger charge is -2.20. The van der Waals surface area contributed by atoms with E-state index in [1.54, 1.807) is 43.3 Å². The number of benzene rings is 2.